The van der Waals surface area contributed by atoms with Crippen LogP contribution >= 0.6 is 11.8 Å². The van der Waals surface area contributed by atoms with Crippen LogP contribution in [0.3, 0.4) is 0 Å². The number of allylic oxidation sites excluding steroid dienone is 7. The minimum absolute atomic E-state index is 0.186. The van der Waals surface area contributed by atoms with E-state index in [4.69, 9.17) is 10.5 Å². The number of hydrogen-bond acceptors (Lipinski definition) is 3. The largest absolute Gasteiger partial charge is 0.480 e. The highest BCUT2D eigenvalue weighted by Gasteiger charge is 2.16. The van der Waals surface area contributed by atoms with Crippen LogP contribution in [0.5, 0.6) is 0 Å². The Hall–Kier alpha value is -1.75. The maximum absolute atomic E-state index is 11.2. The number of aliphatic carboxylic acids is 1. The Balaban J connectivity index is 4.12. The van der Waals surface area contributed by atoms with Gasteiger partial charge < -0.3 is 10.4 Å². The summed E-state index contributed by atoms with van der Waals surface area (Å²) in [4.78, 5) is 11.2. The summed E-state index contributed by atoms with van der Waals surface area (Å²) in [5.74, 6) is 0.531. The molecular formula is C25H42N2O2S. The summed E-state index contributed by atoms with van der Waals surface area (Å²) >= 11 is 1.58. The molecule has 0 heterocycles. The molecule has 0 aliphatic heterocycles. The highest BCUT2D eigenvalue weighted by atomic mass is 32.2. The molecule has 0 rings (SSSR count). The van der Waals surface area contributed by atoms with Crippen molar-refractivity contribution in [2.24, 2.45) is 0 Å². The van der Waals surface area contributed by atoms with Gasteiger partial charge >= 0.3 is 5.97 Å². The number of carboxylic acids is 1. The molecule has 0 saturated heterocycles. The molecule has 0 radical (unpaired) electrons. The number of amidine groups is 1. The Kier molecular flexibility index (Phi) is 16.0. The van der Waals surface area contributed by atoms with Crippen LogP contribution in [-0.4, -0.2) is 34.5 Å². The van der Waals surface area contributed by atoms with Crippen molar-refractivity contribution in [1.29, 1.82) is 5.41 Å². The average molecular weight is 435 g/mol. The van der Waals surface area contributed by atoms with Crippen LogP contribution in [0.4, 0.5) is 0 Å². The zero-order valence-electron chi connectivity index (χ0n) is 19.8. The van der Waals surface area contributed by atoms with E-state index in [1.54, 1.807) is 18.7 Å². The van der Waals surface area contributed by atoms with E-state index in [0.717, 1.165) is 44.3 Å². The SMILES string of the molecule is CC(=N)NC(CSCC=C(C)CCC=C(C)CCC=C(C)CCC=C(C)C)C(=O)O. The molecule has 1 atom stereocenters. The van der Waals surface area contributed by atoms with Crippen molar-refractivity contribution >= 4 is 23.6 Å². The lowest BCUT2D eigenvalue weighted by Gasteiger charge is -2.13. The predicted octanol–water partition coefficient (Wildman–Crippen LogP) is 6.91. The van der Waals surface area contributed by atoms with E-state index in [1.807, 2.05) is 0 Å². The van der Waals surface area contributed by atoms with Crippen molar-refractivity contribution in [3.05, 3.63) is 46.6 Å². The van der Waals surface area contributed by atoms with Gasteiger partial charge in [-0.05, 0) is 80.1 Å². The van der Waals surface area contributed by atoms with Gasteiger partial charge in [0.05, 0.1) is 5.84 Å². The molecule has 0 amide bonds. The van der Waals surface area contributed by atoms with E-state index >= 15 is 0 Å². The monoisotopic (exact) mass is 434 g/mol. The van der Waals surface area contributed by atoms with Crippen LogP contribution in [0.25, 0.3) is 0 Å². The number of rotatable bonds is 15. The van der Waals surface area contributed by atoms with E-state index < -0.39 is 12.0 Å². The zero-order valence-corrected chi connectivity index (χ0v) is 20.6. The van der Waals surface area contributed by atoms with Gasteiger partial charge in [0.15, 0.2) is 0 Å². The van der Waals surface area contributed by atoms with Gasteiger partial charge in [0.1, 0.15) is 6.04 Å². The fourth-order valence-corrected chi connectivity index (χ4v) is 3.81. The Morgan fingerprint density at radius 2 is 1.33 bits per heavy atom. The van der Waals surface area contributed by atoms with Gasteiger partial charge in [0.2, 0.25) is 0 Å². The van der Waals surface area contributed by atoms with Crippen molar-refractivity contribution in [2.75, 3.05) is 11.5 Å². The maximum Gasteiger partial charge on any atom is 0.327 e. The lowest BCUT2D eigenvalue weighted by atomic mass is 10.0. The number of nitrogens with one attached hydrogen (secondary N) is 2. The van der Waals surface area contributed by atoms with E-state index in [0.29, 0.717) is 5.75 Å². The molecule has 0 aliphatic rings. The smallest absolute Gasteiger partial charge is 0.327 e. The van der Waals surface area contributed by atoms with Crippen molar-refractivity contribution in [3.8, 4) is 0 Å². The molecule has 0 aliphatic carbocycles. The summed E-state index contributed by atoms with van der Waals surface area (Å²) in [5.41, 5.74) is 5.66. The first-order chi connectivity index (χ1) is 14.1. The van der Waals surface area contributed by atoms with Gasteiger partial charge in [0, 0.05) is 11.5 Å². The lowest BCUT2D eigenvalue weighted by Crippen LogP contribution is -2.41. The lowest BCUT2D eigenvalue weighted by molar-refractivity contribution is -0.138. The molecule has 0 fully saturated rings. The third-order valence-electron chi connectivity index (χ3n) is 4.68. The van der Waals surface area contributed by atoms with Crippen molar-refractivity contribution < 1.29 is 9.90 Å². The summed E-state index contributed by atoms with van der Waals surface area (Å²) in [7, 11) is 0. The minimum atomic E-state index is -0.909. The highest BCUT2D eigenvalue weighted by Crippen LogP contribution is 2.14. The van der Waals surface area contributed by atoms with Crippen LogP contribution in [0.15, 0.2) is 46.6 Å². The average Bonchev–Trinajstić information content (AvgIpc) is 2.63. The molecule has 0 spiro atoms. The van der Waals surface area contributed by atoms with E-state index in [2.05, 4.69) is 64.2 Å². The van der Waals surface area contributed by atoms with Crippen LogP contribution in [-0.2, 0) is 4.79 Å². The zero-order chi connectivity index (χ0) is 22.9. The van der Waals surface area contributed by atoms with Crippen molar-refractivity contribution in [1.82, 2.24) is 5.32 Å². The van der Waals surface area contributed by atoms with E-state index in [1.165, 1.54) is 22.3 Å². The summed E-state index contributed by atoms with van der Waals surface area (Å²) in [6.07, 6.45) is 15.8. The number of thioether (sulfide) groups is 1. The standard InChI is InChI=1S/C25H42N2O2S/c1-19(2)10-7-11-20(3)12-8-13-21(4)14-9-15-22(5)16-17-30-18-24(25(28)29)27-23(6)26/h10,12,14,16,24H,7-9,11,13,15,17-18H2,1-6H3,(H2,26,27)(H,28,29). The normalized spacial score (nSPS) is 13.7. The Labute approximate surface area is 188 Å². The van der Waals surface area contributed by atoms with E-state index in [-0.39, 0.29) is 5.84 Å². The number of hydrogen-bond donors (Lipinski definition) is 3. The van der Waals surface area contributed by atoms with Crippen LogP contribution in [0.1, 0.15) is 80.1 Å². The summed E-state index contributed by atoms with van der Waals surface area (Å²) in [5, 5.41) is 19.2. The van der Waals surface area contributed by atoms with Crippen LogP contribution in [0, 0.1) is 5.41 Å². The molecule has 0 aromatic carbocycles. The molecule has 0 aromatic heterocycles. The minimum Gasteiger partial charge on any atom is -0.480 e. The maximum atomic E-state index is 11.2. The second kappa shape index (κ2) is 17.0. The molecule has 5 heteroatoms. The van der Waals surface area contributed by atoms with Gasteiger partial charge in [0.25, 0.3) is 0 Å². The fraction of sp³-hybridized carbons (Fsp3) is 0.600. The summed E-state index contributed by atoms with van der Waals surface area (Å²) in [6, 6.07) is -0.697. The van der Waals surface area contributed by atoms with Gasteiger partial charge in [-0.1, -0.05) is 46.6 Å². The first kappa shape index (κ1) is 28.2. The first-order valence-corrected chi connectivity index (χ1v) is 12.0. The third kappa shape index (κ3) is 17.1. The predicted molar refractivity (Wildman–Crippen MR) is 134 cm³/mol. The molecule has 1 unspecified atom stereocenters. The second-order valence-electron chi connectivity index (χ2n) is 8.25. The van der Waals surface area contributed by atoms with Gasteiger partial charge in [-0.25, -0.2) is 4.79 Å². The third-order valence-corrected chi connectivity index (χ3v) is 5.65. The molecule has 0 aromatic rings. The molecule has 0 bridgehead atoms. The first-order valence-electron chi connectivity index (χ1n) is 10.8. The Morgan fingerprint density at radius 1 is 0.867 bits per heavy atom. The number of carbonyl (C=O) groups is 1. The van der Waals surface area contributed by atoms with Crippen LogP contribution in [0.2, 0.25) is 0 Å². The molecule has 170 valence electrons. The van der Waals surface area contributed by atoms with E-state index in [9.17, 15) is 4.79 Å². The van der Waals surface area contributed by atoms with Crippen molar-refractivity contribution in [2.45, 2.75) is 86.1 Å². The second-order valence-corrected chi connectivity index (χ2v) is 9.32. The summed E-state index contributed by atoms with van der Waals surface area (Å²) < 4.78 is 0. The van der Waals surface area contributed by atoms with Gasteiger partial charge in [-0.2, -0.15) is 11.8 Å². The topological polar surface area (TPSA) is 73.2 Å². The Morgan fingerprint density at radius 3 is 1.77 bits per heavy atom. The van der Waals surface area contributed by atoms with Gasteiger partial charge in [-0.3, -0.25) is 5.41 Å². The summed E-state index contributed by atoms with van der Waals surface area (Å²) in [6.45, 7) is 12.4. The highest BCUT2D eigenvalue weighted by molar-refractivity contribution is 7.99. The fourth-order valence-electron chi connectivity index (χ4n) is 2.81. The molecule has 30 heavy (non-hydrogen) atoms. The Bertz CT molecular complexity index is 656. The number of carboxylic acid groups (broad SMARTS) is 1. The van der Waals surface area contributed by atoms with Crippen molar-refractivity contribution in [3.63, 3.8) is 0 Å². The van der Waals surface area contributed by atoms with Crippen LogP contribution < -0.4 is 5.32 Å². The molecular weight excluding hydrogens is 392 g/mol. The quantitative estimate of drug-likeness (QED) is 0.113. The van der Waals surface area contributed by atoms with Gasteiger partial charge in [-0.15, -0.1) is 0 Å². The molecule has 0 saturated carbocycles. The molecule has 3 N–H and O–H groups in total. The molecule has 4 nitrogen and oxygen atoms in total.